The van der Waals surface area contributed by atoms with E-state index in [0.29, 0.717) is 19.5 Å². The molecule has 1 aliphatic rings. The molecule has 1 unspecified atom stereocenters. The van der Waals surface area contributed by atoms with Crippen molar-refractivity contribution in [2.24, 2.45) is 0 Å². The Hall–Kier alpha value is -0.180. The van der Waals surface area contributed by atoms with Gasteiger partial charge in [0.25, 0.3) is 0 Å². The molecular formula is C10H22N2O4S2. The van der Waals surface area contributed by atoms with Crippen molar-refractivity contribution in [2.45, 2.75) is 32.2 Å². The Morgan fingerprint density at radius 3 is 2.39 bits per heavy atom. The van der Waals surface area contributed by atoms with E-state index in [0.717, 1.165) is 25.6 Å². The quantitative estimate of drug-likeness (QED) is 0.702. The summed E-state index contributed by atoms with van der Waals surface area (Å²) in [6, 6.07) is 0.144. The molecule has 18 heavy (non-hydrogen) atoms. The topological polar surface area (TPSA) is 83.6 Å². The van der Waals surface area contributed by atoms with Gasteiger partial charge in [-0.25, -0.2) is 16.8 Å². The molecule has 108 valence electrons. The number of nitrogens with zero attached hydrogens (tertiary/aromatic N) is 1. The molecule has 1 saturated heterocycles. The SMILES string of the molecule is CCCN(CC1CCCN1)S(=O)(=O)CS(C)(=O)=O. The van der Waals surface area contributed by atoms with Crippen LogP contribution in [-0.2, 0) is 19.9 Å². The maximum atomic E-state index is 12.0. The maximum absolute atomic E-state index is 12.0. The fourth-order valence-electron chi connectivity index (χ4n) is 2.10. The van der Waals surface area contributed by atoms with Gasteiger partial charge >= 0.3 is 0 Å². The van der Waals surface area contributed by atoms with E-state index in [-0.39, 0.29) is 6.04 Å². The van der Waals surface area contributed by atoms with Crippen molar-refractivity contribution in [3.8, 4) is 0 Å². The van der Waals surface area contributed by atoms with Crippen LogP contribution in [-0.4, -0.2) is 58.2 Å². The van der Waals surface area contributed by atoms with Crippen LogP contribution in [0, 0.1) is 0 Å². The van der Waals surface area contributed by atoms with Crippen molar-refractivity contribution < 1.29 is 16.8 Å². The van der Waals surface area contributed by atoms with Crippen LogP contribution in [0.5, 0.6) is 0 Å². The first-order chi connectivity index (χ1) is 8.24. The van der Waals surface area contributed by atoms with E-state index in [1.807, 2.05) is 6.92 Å². The molecule has 0 aromatic rings. The van der Waals surface area contributed by atoms with E-state index in [1.165, 1.54) is 4.31 Å². The van der Waals surface area contributed by atoms with Crippen LogP contribution < -0.4 is 5.32 Å². The third-order valence-electron chi connectivity index (χ3n) is 2.82. The van der Waals surface area contributed by atoms with Crippen molar-refractivity contribution in [3.05, 3.63) is 0 Å². The van der Waals surface area contributed by atoms with Crippen molar-refractivity contribution in [3.63, 3.8) is 0 Å². The Bertz CT molecular complexity index is 452. The molecule has 0 spiro atoms. The van der Waals surface area contributed by atoms with Gasteiger partial charge in [-0.3, -0.25) is 0 Å². The third-order valence-corrected chi connectivity index (χ3v) is 6.84. The van der Waals surface area contributed by atoms with E-state index < -0.39 is 24.9 Å². The summed E-state index contributed by atoms with van der Waals surface area (Å²) in [4.78, 5) is 0. The first-order valence-electron chi connectivity index (χ1n) is 6.13. The molecule has 1 aliphatic heterocycles. The number of hydrogen-bond donors (Lipinski definition) is 1. The fourth-order valence-corrected chi connectivity index (χ4v) is 5.73. The van der Waals surface area contributed by atoms with Gasteiger partial charge in [0.1, 0.15) is 0 Å². The summed E-state index contributed by atoms with van der Waals surface area (Å²) in [7, 11) is -7.25. The average Bonchev–Trinajstić information content (AvgIpc) is 2.66. The number of sulfonamides is 1. The van der Waals surface area contributed by atoms with Gasteiger partial charge in [0.05, 0.1) is 0 Å². The molecule has 1 fully saturated rings. The normalized spacial score (nSPS) is 21.6. The van der Waals surface area contributed by atoms with Crippen LogP contribution in [0.25, 0.3) is 0 Å². The first kappa shape index (κ1) is 15.9. The van der Waals surface area contributed by atoms with E-state index in [1.54, 1.807) is 0 Å². The molecule has 1 rings (SSSR count). The van der Waals surface area contributed by atoms with Crippen molar-refractivity contribution in [2.75, 3.05) is 31.0 Å². The molecule has 0 bridgehead atoms. The summed E-state index contributed by atoms with van der Waals surface area (Å²) >= 11 is 0. The summed E-state index contributed by atoms with van der Waals surface area (Å²) in [6.07, 6.45) is 3.60. The largest absolute Gasteiger partial charge is 0.313 e. The van der Waals surface area contributed by atoms with Gasteiger partial charge in [-0.15, -0.1) is 0 Å². The monoisotopic (exact) mass is 298 g/mol. The second-order valence-electron chi connectivity index (χ2n) is 4.81. The highest BCUT2D eigenvalue weighted by atomic mass is 32.3. The number of hydrogen-bond acceptors (Lipinski definition) is 5. The van der Waals surface area contributed by atoms with Gasteiger partial charge in [0.15, 0.2) is 14.9 Å². The predicted octanol–water partition coefficient (Wildman–Crippen LogP) is -0.218. The fraction of sp³-hybridized carbons (Fsp3) is 1.00. The van der Waals surface area contributed by atoms with Gasteiger partial charge in [0, 0.05) is 25.4 Å². The molecule has 0 aliphatic carbocycles. The zero-order valence-electron chi connectivity index (χ0n) is 10.9. The lowest BCUT2D eigenvalue weighted by molar-refractivity contribution is 0.371. The van der Waals surface area contributed by atoms with Crippen LogP contribution in [0.4, 0.5) is 0 Å². The molecule has 0 aromatic carbocycles. The van der Waals surface area contributed by atoms with E-state index >= 15 is 0 Å². The lowest BCUT2D eigenvalue weighted by Gasteiger charge is -2.24. The summed E-state index contributed by atoms with van der Waals surface area (Å²) in [5.74, 6) is 0. The number of sulfone groups is 1. The van der Waals surface area contributed by atoms with E-state index in [9.17, 15) is 16.8 Å². The lowest BCUT2D eigenvalue weighted by Crippen LogP contribution is -2.43. The first-order valence-corrected chi connectivity index (χ1v) is 9.80. The highest BCUT2D eigenvalue weighted by molar-refractivity contribution is 8.06. The Morgan fingerprint density at radius 2 is 1.94 bits per heavy atom. The Morgan fingerprint density at radius 1 is 1.28 bits per heavy atom. The van der Waals surface area contributed by atoms with Crippen molar-refractivity contribution in [1.29, 1.82) is 0 Å². The summed E-state index contributed by atoms with van der Waals surface area (Å²) in [5, 5.41) is 2.43. The zero-order valence-corrected chi connectivity index (χ0v) is 12.6. The number of rotatable bonds is 7. The van der Waals surface area contributed by atoms with Crippen LogP contribution in [0.15, 0.2) is 0 Å². The van der Waals surface area contributed by atoms with Gasteiger partial charge in [0.2, 0.25) is 10.0 Å². The molecule has 0 radical (unpaired) electrons. The van der Waals surface area contributed by atoms with Crippen LogP contribution in [0.2, 0.25) is 0 Å². The Labute approximate surface area is 110 Å². The summed E-state index contributed by atoms with van der Waals surface area (Å²) < 4.78 is 47.7. The molecule has 8 heteroatoms. The molecule has 0 aromatic heterocycles. The molecule has 1 atom stereocenters. The van der Waals surface area contributed by atoms with Gasteiger partial charge in [-0.05, 0) is 25.8 Å². The van der Waals surface area contributed by atoms with Gasteiger partial charge < -0.3 is 5.32 Å². The highest BCUT2D eigenvalue weighted by Crippen LogP contribution is 2.12. The van der Waals surface area contributed by atoms with E-state index in [2.05, 4.69) is 5.32 Å². The maximum Gasteiger partial charge on any atom is 0.228 e. The number of nitrogens with one attached hydrogen (secondary N) is 1. The summed E-state index contributed by atoms with van der Waals surface area (Å²) in [6.45, 7) is 3.52. The van der Waals surface area contributed by atoms with Crippen LogP contribution >= 0.6 is 0 Å². The minimum absolute atomic E-state index is 0.144. The summed E-state index contributed by atoms with van der Waals surface area (Å²) in [5.41, 5.74) is 0. The molecule has 1 N–H and O–H groups in total. The van der Waals surface area contributed by atoms with Gasteiger partial charge in [-0.2, -0.15) is 4.31 Å². The second kappa shape index (κ2) is 6.31. The molecule has 0 saturated carbocycles. The zero-order chi connectivity index (χ0) is 13.8. The van der Waals surface area contributed by atoms with Crippen molar-refractivity contribution in [1.82, 2.24) is 9.62 Å². The van der Waals surface area contributed by atoms with Crippen molar-refractivity contribution >= 4 is 19.9 Å². The third kappa shape index (κ3) is 5.21. The second-order valence-corrected chi connectivity index (χ2v) is 9.28. The molecule has 0 amide bonds. The minimum atomic E-state index is -3.72. The molecule has 6 nitrogen and oxygen atoms in total. The standard InChI is InChI=1S/C10H22N2O4S2/c1-3-7-12(8-10-5-4-6-11-10)18(15,16)9-17(2,13)14/h10-11H,3-9H2,1-2H3. The average molecular weight is 298 g/mol. The van der Waals surface area contributed by atoms with Crippen LogP contribution in [0.3, 0.4) is 0 Å². The molecule has 1 heterocycles. The smallest absolute Gasteiger partial charge is 0.228 e. The highest BCUT2D eigenvalue weighted by Gasteiger charge is 2.29. The lowest BCUT2D eigenvalue weighted by atomic mass is 10.2. The van der Waals surface area contributed by atoms with Gasteiger partial charge in [-0.1, -0.05) is 6.92 Å². The minimum Gasteiger partial charge on any atom is -0.313 e. The molecular weight excluding hydrogens is 276 g/mol. The Balaban J connectivity index is 2.75. The Kier molecular flexibility index (Phi) is 5.57. The van der Waals surface area contributed by atoms with E-state index in [4.69, 9.17) is 0 Å². The van der Waals surface area contributed by atoms with Crippen LogP contribution in [0.1, 0.15) is 26.2 Å². The predicted molar refractivity (Wildman–Crippen MR) is 71.5 cm³/mol.